The number of allylic oxidation sites excluding steroid dienone is 1. The van der Waals surface area contributed by atoms with Crippen molar-refractivity contribution >= 4 is 23.7 Å². The molecule has 0 spiro atoms. The van der Waals surface area contributed by atoms with Crippen LogP contribution in [-0.2, 0) is 9.53 Å². The lowest BCUT2D eigenvalue weighted by Gasteiger charge is -2.30. The van der Waals surface area contributed by atoms with E-state index < -0.39 is 28.9 Å². The summed E-state index contributed by atoms with van der Waals surface area (Å²) in [6.45, 7) is 5.39. The molecule has 0 fully saturated rings. The van der Waals surface area contributed by atoms with Crippen LogP contribution in [0.15, 0.2) is 53.7 Å². The molecule has 190 valence electrons. The van der Waals surface area contributed by atoms with Crippen molar-refractivity contribution in [2.24, 2.45) is 0 Å². The van der Waals surface area contributed by atoms with Gasteiger partial charge in [0.1, 0.15) is 0 Å². The van der Waals surface area contributed by atoms with E-state index in [1.165, 1.54) is 31.4 Å². The first-order valence-electron chi connectivity index (χ1n) is 11.3. The van der Waals surface area contributed by atoms with Gasteiger partial charge in [0.05, 0.1) is 35.3 Å². The van der Waals surface area contributed by atoms with Gasteiger partial charge in [-0.25, -0.2) is 14.4 Å². The summed E-state index contributed by atoms with van der Waals surface area (Å²) >= 11 is 0. The number of urea groups is 1. The minimum Gasteiger partial charge on any atom is -0.493 e. The molecule has 0 bridgehead atoms. The van der Waals surface area contributed by atoms with Gasteiger partial charge in [-0.1, -0.05) is 25.5 Å². The fourth-order valence-corrected chi connectivity index (χ4v) is 3.69. The lowest BCUT2D eigenvalue weighted by Crippen LogP contribution is -2.46. The third-order valence-electron chi connectivity index (χ3n) is 5.23. The molecular formula is C25H27N3O8. The number of benzene rings is 2. The summed E-state index contributed by atoms with van der Waals surface area (Å²) in [4.78, 5) is 48.3. The molecule has 11 nitrogen and oxygen atoms in total. The van der Waals surface area contributed by atoms with Gasteiger partial charge in [0, 0.05) is 17.8 Å². The van der Waals surface area contributed by atoms with Crippen LogP contribution in [0.1, 0.15) is 55.6 Å². The maximum absolute atomic E-state index is 13.0. The Bertz CT molecular complexity index is 1220. The number of hydrogen-bond acceptors (Lipinski definition) is 8. The molecule has 0 aromatic heterocycles. The number of rotatable bonds is 9. The van der Waals surface area contributed by atoms with Crippen LogP contribution in [0.25, 0.3) is 0 Å². The Labute approximate surface area is 207 Å². The molecule has 2 N–H and O–H groups in total. The van der Waals surface area contributed by atoms with Crippen molar-refractivity contribution in [3.63, 3.8) is 0 Å². The Morgan fingerprint density at radius 1 is 1.11 bits per heavy atom. The van der Waals surface area contributed by atoms with Crippen molar-refractivity contribution in [2.45, 2.75) is 45.8 Å². The third-order valence-corrected chi connectivity index (χ3v) is 5.23. The highest BCUT2D eigenvalue weighted by Crippen LogP contribution is 2.36. The highest BCUT2D eigenvalue weighted by atomic mass is 16.6. The van der Waals surface area contributed by atoms with Crippen LogP contribution in [0.2, 0.25) is 0 Å². The molecule has 1 aliphatic rings. The van der Waals surface area contributed by atoms with E-state index >= 15 is 0 Å². The molecule has 0 radical (unpaired) electrons. The standard InChI is InChI=1S/C25H27N3O8/c1-5-7-18-21(24(30)35-14(2)3)22(27-25(31)26-18)15-10-11-19(20(13-15)34-4)36-23(29)16-8-6-9-17(12-16)28(32)33/h6,8-14,22H,5,7H2,1-4H3,(H2,26,27,31). The molecule has 1 unspecified atom stereocenters. The molecule has 2 amide bonds. The highest BCUT2D eigenvalue weighted by Gasteiger charge is 2.34. The molecule has 1 heterocycles. The lowest BCUT2D eigenvalue weighted by molar-refractivity contribution is -0.384. The molecule has 0 aliphatic carbocycles. The SMILES string of the molecule is CCCC1=C(C(=O)OC(C)C)C(c2ccc(OC(=O)c3cccc([N+](=O)[O-])c3)c(OC)c2)NC(=O)N1. The van der Waals surface area contributed by atoms with Crippen molar-refractivity contribution < 1.29 is 33.5 Å². The summed E-state index contributed by atoms with van der Waals surface area (Å²) in [5.74, 6) is -1.16. The van der Waals surface area contributed by atoms with E-state index in [0.717, 1.165) is 6.07 Å². The molecular weight excluding hydrogens is 470 g/mol. The first-order valence-corrected chi connectivity index (χ1v) is 11.3. The maximum Gasteiger partial charge on any atom is 0.343 e. The quantitative estimate of drug-likeness (QED) is 0.227. The van der Waals surface area contributed by atoms with Crippen molar-refractivity contribution in [3.05, 3.63) is 75.0 Å². The van der Waals surface area contributed by atoms with Gasteiger partial charge in [-0.3, -0.25) is 10.1 Å². The van der Waals surface area contributed by atoms with Crippen molar-refractivity contribution in [1.29, 1.82) is 0 Å². The summed E-state index contributed by atoms with van der Waals surface area (Å²) < 4.78 is 16.2. The summed E-state index contributed by atoms with van der Waals surface area (Å²) in [7, 11) is 1.37. The van der Waals surface area contributed by atoms with Crippen molar-refractivity contribution in [3.8, 4) is 11.5 Å². The van der Waals surface area contributed by atoms with Gasteiger partial charge in [-0.05, 0) is 44.0 Å². The second-order valence-electron chi connectivity index (χ2n) is 8.24. The topological polar surface area (TPSA) is 146 Å². The number of nitrogens with zero attached hydrogens (tertiary/aromatic N) is 1. The number of nitrogens with one attached hydrogen (secondary N) is 2. The zero-order chi connectivity index (χ0) is 26.4. The normalized spacial score (nSPS) is 15.1. The maximum atomic E-state index is 13.0. The van der Waals surface area contributed by atoms with Crippen LogP contribution in [0.5, 0.6) is 11.5 Å². The number of carbonyl (C=O) groups is 3. The number of ether oxygens (including phenoxy) is 3. The molecule has 0 saturated carbocycles. The van der Waals surface area contributed by atoms with Crippen LogP contribution in [0, 0.1) is 10.1 Å². The molecule has 36 heavy (non-hydrogen) atoms. The van der Waals surface area contributed by atoms with Gasteiger partial charge in [-0.15, -0.1) is 0 Å². The molecule has 2 aromatic carbocycles. The van der Waals surface area contributed by atoms with Crippen molar-refractivity contribution in [2.75, 3.05) is 7.11 Å². The van der Waals surface area contributed by atoms with Crippen LogP contribution >= 0.6 is 0 Å². The third kappa shape index (κ3) is 5.98. The zero-order valence-electron chi connectivity index (χ0n) is 20.3. The zero-order valence-corrected chi connectivity index (χ0v) is 20.3. The van der Waals surface area contributed by atoms with E-state index in [1.807, 2.05) is 6.92 Å². The second kappa shape index (κ2) is 11.3. The van der Waals surface area contributed by atoms with Crippen LogP contribution in [-0.4, -0.2) is 36.1 Å². The fourth-order valence-electron chi connectivity index (χ4n) is 3.69. The Kier molecular flexibility index (Phi) is 8.26. The van der Waals surface area contributed by atoms with Crippen molar-refractivity contribution in [1.82, 2.24) is 10.6 Å². The number of nitro benzene ring substituents is 1. The Morgan fingerprint density at radius 2 is 1.86 bits per heavy atom. The number of hydrogen-bond donors (Lipinski definition) is 2. The van der Waals surface area contributed by atoms with Gasteiger partial charge in [0.2, 0.25) is 0 Å². The van der Waals surface area contributed by atoms with Crippen LogP contribution in [0.4, 0.5) is 10.5 Å². The smallest absolute Gasteiger partial charge is 0.343 e. The summed E-state index contributed by atoms with van der Waals surface area (Å²) in [6.07, 6.45) is 0.787. The van der Waals surface area contributed by atoms with E-state index in [4.69, 9.17) is 14.2 Å². The van der Waals surface area contributed by atoms with E-state index in [1.54, 1.807) is 26.0 Å². The van der Waals surface area contributed by atoms with Crippen LogP contribution in [0.3, 0.4) is 0 Å². The Hall–Kier alpha value is -4.41. The van der Waals surface area contributed by atoms with Crippen LogP contribution < -0.4 is 20.1 Å². The van der Waals surface area contributed by atoms with E-state index in [2.05, 4.69) is 10.6 Å². The number of methoxy groups -OCH3 is 1. The summed E-state index contributed by atoms with van der Waals surface area (Å²) in [5, 5.41) is 16.4. The predicted molar refractivity (Wildman–Crippen MR) is 129 cm³/mol. The van der Waals surface area contributed by atoms with E-state index in [-0.39, 0.29) is 34.4 Å². The Morgan fingerprint density at radius 3 is 2.50 bits per heavy atom. The average molecular weight is 498 g/mol. The summed E-state index contributed by atoms with van der Waals surface area (Å²) in [6, 6.07) is 8.44. The molecule has 3 rings (SSSR count). The highest BCUT2D eigenvalue weighted by molar-refractivity contribution is 5.95. The fraction of sp³-hybridized carbons (Fsp3) is 0.320. The van der Waals surface area contributed by atoms with Gasteiger partial charge in [0.15, 0.2) is 11.5 Å². The number of amides is 2. The second-order valence-corrected chi connectivity index (χ2v) is 8.24. The Balaban J connectivity index is 1.96. The largest absolute Gasteiger partial charge is 0.493 e. The average Bonchev–Trinajstić information content (AvgIpc) is 2.83. The monoisotopic (exact) mass is 497 g/mol. The minimum absolute atomic E-state index is 0.00759. The number of esters is 2. The first kappa shape index (κ1) is 26.2. The van der Waals surface area contributed by atoms with E-state index in [9.17, 15) is 24.5 Å². The van der Waals surface area contributed by atoms with Gasteiger partial charge in [-0.2, -0.15) is 0 Å². The molecule has 1 aliphatic heterocycles. The molecule has 2 aromatic rings. The number of non-ortho nitro benzene ring substituents is 1. The number of nitro groups is 1. The van der Waals surface area contributed by atoms with Gasteiger partial charge >= 0.3 is 18.0 Å². The van der Waals surface area contributed by atoms with Gasteiger partial charge < -0.3 is 24.8 Å². The summed E-state index contributed by atoms with van der Waals surface area (Å²) in [5.41, 5.74) is 0.988. The number of carbonyl (C=O) groups excluding carboxylic acids is 3. The predicted octanol–water partition coefficient (Wildman–Crippen LogP) is 4.18. The minimum atomic E-state index is -0.832. The molecule has 11 heteroatoms. The molecule has 1 atom stereocenters. The van der Waals surface area contributed by atoms with Gasteiger partial charge in [0.25, 0.3) is 5.69 Å². The first-order chi connectivity index (χ1) is 17.1. The molecule has 0 saturated heterocycles. The lowest BCUT2D eigenvalue weighted by atomic mass is 9.93. The van der Waals surface area contributed by atoms with E-state index in [0.29, 0.717) is 24.1 Å².